The molecule has 0 bridgehead atoms. The molecule has 0 unspecified atom stereocenters. The molecule has 0 radical (unpaired) electrons. The third-order valence-electron chi connectivity index (χ3n) is 5.11. The third kappa shape index (κ3) is 4.08. The van der Waals surface area contributed by atoms with Crippen LogP contribution in [0.4, 0.5) is 0 Å². The van der Waals surface area contributed by atoms with Crippen molar-refractivity contribution in [1.29, 1.82) is 0 Å². The first kappa shape index (κ1) is 22.2. The van der Waals surface area contributed by atoms with E-state index in [0.717, 1.165) is 15.6 Å². The molecule has 1 atom stereocenters. The summed E-state index contributed by atoms with van der Waals surface area (Å²) in [6.45, 7) is 3.77. The number of esters is 1. The molecular weight excluding hydrogens is 492 g/mol. The van der Waals surface area contributed by atoms with Crippen molar-refractivity contribution in [3.63, 3.8) is 0 Å². The summed E-state index contributed by atoms with van der Waals surface area (Å²) in [5.41, 5.74) is 2.28. The van der Waals surface area contributed by atoms with Gasteiger partial charge in [0.1, 0.15) is 5.75 Å². The predicted molar refractivity (Wildman–Crippen MR) is 128 cm³/mol. The van der Waals surface area contributed by atoms with E-state index < -0.39 is 12.0 Å². The normalized spacial score (nSPS) is 15.9. The van der Waals surface area contributed by atoms with Crippen LogP contribution in [0.5, 0.6) is 5.75 Å². The lowest BCUT2D eigenvalue weighted by Gasteiger charge is -2.24. The van der Waals surface area contributed by atoms with Gasteiger partial charge in [0.25, 0.3) is 5.56 Å². The number of methoxy groups -OCH3 is 1. The highest BCUT2D eigenvalue weighted by Crippen LogP contribution is 2.30. The number of benzene rings is 2. The minimum atomic E-state index is -0.613. The van der Waals surface area contributed by atoms with Gasteiger partial charge in [-0.15, -0.1) is 0 Å². The Morgan fingerprint density at radius 2 is 2.00 bits per heavy atom. The molecule has 0 N–H and O–H groups in total. The second-order valence-electron chi connectivity index (χ2n) is 7.10. The lowest BCUT2D eigenvalue weighted by molar-refractivity contribution is -0.139. The number of aromatic nitrogens is 1. The number of carbonyl (C=O) groups excluding carboxylic acids is 1. The van der Waals surface area contributed by atoms with E-state index in [-0.39, 0.29) is 12.2 Å². The lowest BCUT2D eigenvalue weighted by Crippen LogP contribution is -2.39. The van der Waals surface area contributed by atoms with Crippen LogP contribution in [0.2, 0.25) is 0 Å². The van der Waals surface area contributed by atoms with Crippen LogP contribution in [0.3, 0.4) is 0 Å². The summed E-state index contributed by atoms with van der Waals surface area (Å²) < 4.78 is 13.7. The summed E-state index contributed by atoms with van der Waals surface area (Å²) in [5, 5.41) is 0. The molecule has 3 aromatic rings. The number of fused-ring (bicyclic) bond motifs is 1. The van der Waals surface area contributed by atoms with E-state index in [4.69, 9.17) is 9.47 Å². The van der Waals surface area contributed by atoms with Crippen molar-refractivity contribution in [2.75, 3.05) is 13.7 Å². The van der Waals surface area contributed by atoms with E-state index in [2.05, 4.69) is 20.9 Å². The highest BCUT2D eigenvalue weighted by Gasteiger charge is 2.33. The van der Waals surface area contributed by atoms with Crippen molar-refractivity contribution in [2.45, 2.75) is 19.9 Å². The van der Waals surface area contributed by atoms with E-state index >= 15 is 0 Å². The number of thiazole rings is 1. The smallest absolute Gasteiger partial charge is 0.338 e. The van der Waals surface area contributed by atoms with Gasteiger partial charge in [0.05, 0.1) is 35.6 Å². The first-order chi connectivity index (χ1) is 15.4. The molecule has 8 heteroatoms. The minimum Gasteiger partial charge on any atom is -0.496 e. The van der Waals surface area contributed by atoms with Gasteiger partial charge < -0.3 is 9.47 Å². The SMILES string of the molecule is CCOC(=O)C1=C(C)N=c2s/c(=C/c3cc(Br)ccc3OC)c(=O)n2[C@H]1c1ccccc1. The van der Waals surface area contributed by atoms with Crippen molar-refractivity contribution >= 4 is 39.3 Å². The number of allylic oxidation sites excluding steroid dienone is 1. The summed E-state index contributed by atoms with van der Waals surface area (Å²) in [5.74, 6) is 0.188. The minimum absolute atomic E-state index is 0.223. The zero-order valence-corrected chi connectivity index (χ0v) is 20.2. The maximum Gasteiger partial charge on any atom is 0.338 e. The number of rotatable bonds is 5. The highest BCUT2D eigenvalue weighted by atomic mass is 79.9. The van der Waals surface area contributed by atoms with Crippen molar-refractivity contribution in [3.05, 3.63) is 95.1 Å². The van der Waals surface area contributed by atoms with Gasteiger partial charge in [-0.2, -0.15) is 0 Å². The molecule has 0 spiro atoms. The van der Waals surface area contributed by atoms with Crippen molar-refractivity contribution < 1.29 is 14.3 Å². The number of halogens is 1. The topological polar surface area (TPSA) is 69.9 Å². The number of hydrogen-bond donors (Lipinski definition) is 0. The van der Waals surface area contributed by atoms with Crippen molar-refractivity contribution in [1.82, 2.24) is 4.57 Å². The highest BCUT2D eigenvalue weighted by molar-refractivity contribution is 9.10. The molecule has 6 nitrogen and oxygen atoms in total. The second-order valence-corrected chi connectivity index (χ2v) is 9.02. The van der Waals surface area contributed by atoms with Crippen LogP contribution in [0, 0.1) is 0 Å². The number of ether oxygens (including phenoxy) is 2. The number of hydrogen-bond acceptors (Lipinski definition) is 6. The molecule has 0 saturated carbocycles. The molecule has 2 aromatic carbocycles. The van der Waals surface area contributed by atoms with Crippen LogP contribution < -0.4 is 19.6 Å². The Morgan fingerprint density at radius 1 is 1.25 bits per heavy atom. The Bertz CT molecular complexity index is 1390. The van der Waals surface area contributed by atoms with Gasteiger partial charge in [0, 0.05) is 10.0 Å². The molecule has 1 aromatic heterocycles. The zero-order chi connectivity index (χ0) is 22.8. The predicted octanol–water partition coefficient (Wildman–Crippen LogP) is 3.57. The largest absolute Gasteiger partial charge is 0.496 e. The fraction of sp³-hybridized carbons (Fsp3) is 0.208. The summed E-state index contributed by atoms with van der Waals surface area (Å²) >= 11 is 4.75. The van der Waals surface area contributed by atoms with Gasteiger partial charge >= 0.3 is 5.97 Å². The van der Waals surface area contributed by atoms with Crippen LogP contribution in [0.1, 0.15) is 31.0 Å². The first-order valence-electron chi connectivity index (χ1n) is 10.0. The van der Waals surface area contributed by atoms with Crippen LogP contribution in [0.25, 0.3) is 6.08 Å². The summed E-state index contributed by atoms with van der Waals surface area (Å²) in [6.07, 6.45) is 1.79. The summed E-state index contributed by atoms with van der Waals surface area (Å²) in [6, 6.07) is 14.5. The molecule has 1 aliphatic heterocycles. The summed E-state index contributed by atoms with van der Waals surface area (Å²) in [4.78, 5) is 31.6. The standard InChI is InChI=1S/C24H21BrN2O4S/c1-4-31-23(29)20-14(2)26-24-27(21(20)15-8-6-5-7-9-15)22(28)19(32-24)13-16-12-17(25)10-11-18(16)30-3/h5-13,21H,4H2,1-3H3/b19-13+/t21-/m0/s1. The fourth-order valence-electron chi connectivity index (χ4n) is 3.70. The van der Waals surface area contributed by atoms with Crippen LogP contribution in [-0.4, -0.2) is 24.3 Å². The maximum absolute atomic E-state index is 13.6. The van der Waals surface area contributed by atoms with E-state index in [1.165, 1.54) is 11.3 Å². The zero-order valence-electron chi connectivity index (χ0n) is 17.8. The van der Waals surface area contributed by atoms with E-state index in [1.807, 2.05) is 48.5 Å². The first-order valence-corrected chi connectivity index (χ1v) is 11.6. The van der Waals surface area contributed by atoms with E-state index in [0.29, 0.717) is 26.4 Å². The van der Waals surface area contributed by atoms with E-state index in [1.54, 1.807) is 31.6 Å². The van der Waals surface area contributed by atoms with Crippen LogP contribution in [0.15, 0.2) is 74.1 Å². The molecular formula is C24H21BrN2O4S. The Kier molecular flexibility index (Phi) is 6.43. The maximum atomic E-state index is 13.6. The Hall–Kier alpha value is -2.97. The van der Waals surface area contributed by atoms with Gasteiger partial charge in [-0.05, 0) is 43.7 Å². The molecule has 0 aliphatic carbocycles. The van der Waals surface area contributed by atoms with Crippen LogP contribution in [-0.2, 0) is 9.53 Å². The summed E-state index contributed by atoms with van der Waals surface area (Å²) in [7, 11) is 1.59. The average Bonchev–Trinajstić information content (AvgIpc) is 3.08. The molecule has 2 heterocycles. The number of nitrogens with zero attached hydrogens (tertiary/aromatic N) is 2. The lowest BCUT2D eigenvalue weighted by atomic mass is 9.96. The Labute approximate surface area is 197 Å². The molecule has 0 saturated heterocycles. The van der Waals surface area contributed by atoms with Gasteiger partial charge in [-0.3, -0.25) is 9.36 Å². The molecule has 0 amide bonds. The monoisotopic (exact) mass is 512 g/mol. The molecule has 1 aliphatic rings. The van der Waals surface area contributed by atoms with Gasteiger partial charge in [-0.25, -0.2) is 9.79 Å². The molecule has 4 rings (SSSR count). The Balaban J connectivity index is 1.97. The average molecular weight is 513 g/mol. The molecule has 0 fully saturated rings. The number of carbonyl (C=O) groups is 1. The van der Waals surface area contributed by atoms with Crippen molar-refractivity contribution in [2.24, 2.45) is 4.99 Å². The van der Waals surface area contributed by atoms with Crippen LogP contribution >= 0.6 is 27.3 Å². The van der Waals surface area contributed by atoms with Gasteiger partial charge in [-0.1, -0.05) is 57.6 Å². The quantitative estimate of drug-likeness (QED) is 0.490. The second kappa shape index (κ2) is 9.26. The third-order valence-corrected chi connectivity index (χ3v) is 6.59. The van der Waals surface area contributed by atoms with Gasteiger partial charge in [0.2, 0.25) is 0 Å². The van der Waals surface area contributed by atoms with Gasteiger partial charge in [0.15, 0.2) is 4.80 Å². The molecule has 32 heavy (non-hydrogen) atoms. The fourth-order valence-corrected chi connectivity index (χ4v) is 5.12. The van der Waals surface area contributed by atoms with Crippen molar-refractivity contribution in [3.8, 4) is 5.75 Å². The Morgan fingerprint density at radius 3 is 2.69 bits per heavy atom. The molecule has 164 valence electrons. The van der Waals surface area contributed by atoms with E-state index in [9.17, 15) is 9.59 Å².